The summed E-state index contributed by atoms with van der Waals surface area (Å²) < 4.78 is 6.04. The topological polar surface area (TPSA) is 35.2 Å². The van der Waals surface area contributed by atoms with Crippen LogP contribution in [0.2, 0.25) is 0 Å². The van der Waals surface area contributed by atoms with Gasteiger partial charge in [0.1, 0.15) is 0 Å². The fourth-order valence-electron chi connectivity index (χ4n) is 2.88. The molecule has 2 N–H and O–H groups in total. The van der Waals surface area contributed by atoms with Gasteiger partial charge in [-0.05, 0) is 50.6 Å². The van der Waals surface area contributed by atoms with Gasteiger partial charge in [-0.3, -0.25) is 0 Å². The van der Waals surface area contributed by atoms with Crippen LogP contribution in [0, 0.1) is 5.92 Å². The molecule has 0 saturated heterocycles. The van der Waals surface area contributed by atoms with Crippen molar-refractivity contribution in [1.29, 1.82) is 0 Å². The molecule has 0 heterocycles. The Hall–Kier alpha value is -0.760. The third-order valence-corrected chi connectivity index (χ3v) is 4.32. The lowest BCUT2D eigenvalue weighted by Gasteiger charge is -2.20. The molecule has 0 unspecified atom stereocenters. The zero-order chi connectivity index (χ0) is 15.2. The van der Waals surface area contributed by atoms with Gasteiger partial charge < -0.3 is 10.5 Å². The Morgan fingerprint density at radius 1 is 1.10 bits per heavy atom. The molecule has 2 heteroatoms. The van der Waals surface area contributed by atoms with E-state index in [1.807, 2.05) is 0 Å². The number of nitrogens with two attached hydrogens (primary N) is 1. The van der Waals surface area contributed by atoms with Crippen LogP contribution in [0.5, 0.6) is 0 Å². The van der Waals surface area contributed by atoms with E-state index in [0.717, 1.165) is 44.1 Å². The lowest BCUT2D eigenvalue weighted by atomic mass is 9.92. The van der Waals surface area contributed by atoms with Crippen LogP contribution in [0.1, 0.15) is 77.6 Å². The zero-order valence-electron chi connectivity index (χ0n) is 14.0. The lowest BCUT2D eigenvalue weighted by molar-refractivity contribution is 0.143. The molecule has 1 saturated carbocycles. The van der Waals surface area contributed by atoms with Crippen molar-refractivity contribution in [2.45, 2.75) is 77.6 Å². The Bertz CT molecular complexity index is 288. The van der Waals surface area contributed by atoms with Gasteiger partial charge in [-0.1, -0.05) is 51.2 Å². The van der Waals surface area contributed by atoms with Crippen LogP contribution in [0.15, 0.2) is 24.0 Å². The summed E-state index contributed by atoms with van der Waals surface area (Å²) in [6.07, 6.45) is 20.7. The number of hydrogen-bond donors (Lipinski definition) is 1. The number of unbranched alkanes of at least 4 members (excludes halogenated alkanes) is 2. The molecule has 1 rings (SSSR count). The molecule has 0 atom stereocenters. The second kappa shape index (κ2) is 12.9. The first-order chi connectivity index (χ1) is 10.4. The van der Waals surface area contributed by atoms with E-state index in [9.17, 15) is 0 Å². The normalized spacial score (nSPS) is 18.7. The van der Waals surface area contributed by atoms with Gasteiger partial charge in [-0.2, -0.15) is 0 Å². The molecule has 2 nitrogen and oxygen atoms in total. The number of hydrogen-bond acceptors (Lipinski definition) is 2. The van der Waals surface area contributed by atoms with Gasteiger partial charge in [0.15, 0.2) is 0 Å². The number of ether oxygens (including phenoxy) is 1. The van der Waals surface area contributed by atoms with Crippen LogP contribution < -0.4 is 5.73 Å². The maximum atomic E-state index is 6.04. The summed E-state index contributed by atoms with van der Waals surface area (Å²) in [5.74, 6) is 1.90. The van der Waals surface area contributed by atoms with E-state index in [0.29, 0.717) is 0 Å². The fraction of sp³-hybridized carbons (Fsp3) is 0.789. The van der Waals surface area contributed by atoms with Crippen LogP contribution in [0.4, 0.5) is 0 Å². The highest BCUT2D eigenvalue weighted by molar-refractivity contribution is 5.07. The molecule has 0 spiro atoms. The minimum atomic E-state index is 0.772. The van der Waals surface area contributed by atoms with E-state index in [1.54, 1.807) is 0 Å². The smallest absolute Gasteiger partial charge is 0.0956 e. The largest absolute Gasteiger partial charge is 0.498 e. The molecule has 1 aliphatic rings. The second-order valence-corrected chi connectivity index (χ2v) is 6.22. The van der Waals surface area contributed by atoms with Crippen molar-refractivity contribution < 1.29 is 4.74 Å². The van der Waals surface area contributed by atoms with Crippen LogP contribution in [0.3, 0.4) is 0 Å². The summed E-state index contributed by atoms with van der Waals surface area (Å²) in [7, 11) is 0. The predicted octanol–water partition coefficient (Wildman–Crippen LogP) is 5.34. The van der Waals surface area contributed by atoms with Crippen LogP contribution in [0.25, 0.3) is 0 Å². The molecule has 0 amide bonds. The molecule has 1 aliphatic carbocycles. The van der Waals surface area contributed by atoms with E-state index >= 15 is 0 Å². The third kappa shape index (κ3) is 9.73. The van der Waals surface area contributed by atoms with Gasteiger partial charge in [0, 0.05) is 6.42 Å². The first kappa shape index (κ1) is 18.3. The van der Waals surface area contributed by atoms with E-state index in [2.05, 4.69) is 25.2 Å². The monoisotopic (exact) mass is 293 g/mol. The van der Waals surface area contributed by atoms with Crippen molar-refractivity contribution in [3.05, 3.63) is 24.0 Å². The first-order valence-electron chi connectivity index (χ1n) is 9.05. The van der Waals surface area contributed by atoms with E-state index in [4.69, 9.17) is 10.5 Å². The molecule has 0 aromatic rings. The Morgan fingerprint density at radius 3 is 2.48 bits per heavy atom. The Morgan fingerprint density at radius 2 is 1.81 bits per heavy atom. The molecular weight excluding hydrogens is 258 g/mol. The van der Waals surface area contributed by atoms with E-state index in [1.165, 1.54) is 51.4 Å². The van der Waals surface area contributed by atoms with Gasteiger partial charge in [0.2, 0.25) is 0 Å². The van der Waals surface area contributed by atoms with Crippen molar-refractivity contribution >= 4 is 0 Å². The van der Waals surface area contributed by atoms with E-state index in [-0.39, 0.29) is 0 Å². The number of allylic oxidation sites excluding steroid dienone is 4. The summed E-state index contributed by atoms with van der Waals surface area (Å²) in [6, 6.07) is 0. The minimum Gasteiger partial charge on any atom is -0.498 e. The molecule has 0 bridgehead atoms. The van der Waals surface area contributed by atoms with Crippen molar-refractivity contribution in [3.63, 3.8) is 0 Å². The summed E-state index contributed by atoms with van der Waals surface area (Å²) >= 11 is 0. The quantitative estimate of drug-likeness (QED) is 0.353. The van der Waals surface area contributed by atoms with Crippen LogP contribution in [-0.2, 0) is 4.74 Å². The Labute approximate surface area is 131 Å². The zero-order valence-corrected chi connectivity index (χ0v) is 14.0. The Balaban J connectivity index is 2.24. The SMILES string of the molecule is CC/C(=C\C=C/CCCCN)OCC1CCCCCCC1. The highest BCUT2D eigenvalue weighted by atomic mass is 16.5. The lowest BCUT2D eigenvalue weighted by Crippen LogP contribution is -2.11. The van der Waals surface area contributed by atoms with E-state index < -0.39 is 0 Å². The van der Waals surface area contributed by atoms with Gasteiger partial charge >= 0.3 is 0 Å². The molecule has 0 aromatic heterocycles. The van der Waals surface area contributed by atoms with Gasteiger partial charge in [-0.25, -0.2) is 0 Å². The minimum absolute atomic E-state index is 0.772. The predicted molar refractivity (Wildman–Crippen MR) is 92.2 cm³/mol. The summed E-state index contributed by atoms with van der Waals surface area (Å²) in [4.78, 5) is 0. The fourth-order valence-corrected chi connectivity index (χ4v) is 2.88. The van der Waals surface area contributed by atoms with Gasteiger partial charge in [-0.15, -0.1) is 0 Å². The average Bonchev–Trinajstić information content (AvgIpc) is 2.47. The molecule has 1 fully saturated rings. The van der Waals surface area contributed by atoms with Gasteiger partial charge in [0.25, 0.3) is 0 Å². The van der Waals surface area contributed by atoms with Crippen molar-refractivity contribution in [2.75, 3.05) is 13.2 Å². The second-order valence-electron chi connectivity index (χ2n) is 6.22. The highest BCUT2D eigenvalue weighted by Gasteiger charge is 2.12. The van der Waals surface area contributed by atoms with Crippen molar-refractivity contribution in [1.82, 2.24) is 0 Å². The molecule has 122 valence electrons. The number of rotatable bonds is 9. The van der Waals surface area contributed by atoms with Crippen molar-refractivity contribution in [2.24, 2.45) is 11.7 Å². The third-order valence-electron chi connectivity index (χ3n) is 4.32. The maximum Gasteiger partial charge on any atom is 0.0956 e. The highest BCUT2D eigenvalue weighted by Crippen LogP contribution is 2.23. The summed E-state index contributed by atoms with van der Waals surface area (Å²) in [6.45, 7) is 3.89. The van der Waals surface area contributed by atoms with Crippen LogP contribution >= 0.6 is 0 Å². The summed E-state index contributed by atoms with van der Waals surface area (Å²) in [5, 5.41) is 0. The molecule has 0 aliphatic heterocycles. The summed E-state index contributed by atoms with van der Waals surface area (Å²) in [5.41, 5.74) is 5.49. The first-order valence-corrected chi connectivity index (χ1v) is 9.05. The van der Waals surface area contributed by atoms with Crippen LogP contribution in [-0.4, -0.2) is 13.2 Å². The Kier molecular flexibility index (Phi) is 11.3. The molecule has 0 aromatic carbocycles. The van der Waals surface area contributed by atoms with Gasteiger partial charge in [0.05, 0.1) is 12.4 Å². The molecular formula is C19H35NO. The standard InChI is InChI=1S/C19H35NO/c1-2-19(15-11-7-4-8-12-16-20)21-17-18-13-9-5-3-6-10-14-18/h7,11,15,18H,2-6,8-10,12-14,16-17,20H2,1H3/b11-7-,19-15+. The maximum absolute atomic E-state index is 6.04. The average molecular weight is 293 g/mol. The van der Waals surface area contributed by atoms with Crippen molar-refractivity contribution in [3.8, 4) is 0 Å². The molecule has 0 radical (unpaired) electrons. The molecule has 21 heavy (non-hydrogen) atoms.